The van der Waals surface area contributed by atoms with Gasteiger partial charge in [-0.3, -0.25) is 5.41 Å². The first-order valence-corrected chi connectivity index (χ1v) is 8.69. The summed E-state index contributed by atoms with van der Waals surface area (Å²) < 4.78 is 1.05. The lowest BCUT2D eigenvalue weighted by atomic mass is 10.0. The first kappa shape index (κ1) is 16.3. The highest BCUT2D eigenvalue weighted by Crippen LogP contribution is 2.32. The van der Waals surface area contributed by atoms with E-state index in [1.165, 1.54) is 32.1 Å². The molecule has 0 aliphatic heterocycles. The van der Waals surface area contributed by atoms with Gasteiger partial charge in [-0.2, -0.15) is 0 Å². The Morgan fingerprint density at radius 3 is 2.62 bits per heavy atom. The van der Waals surface area contributed by atoms with Gasteiger partial charge in [-0.1, -0.05) is 42.6 Å². The average molecular weight is 352 g/mol. The lowest BCUT2D eigenvalue weighted by Crippen LogP contribution is -2.36. The number of hydrogen-bond donors (Lipinski definition) is 2. The third-order valence-electron chi connectivity index (χ3n) is 4.27. The lowest BCUT2D eigenvalue weighted by Gasteiger charge is -2.33. The molecule has 3 nitrogen and oxygen atoms in total. The Kier molecular flexibility index (Phi) is 5.68. The molecule has 0 aromatic heterocycles. The molecule has 3 N–H and O–H groups in total. The SMILES string of the molecule is CC(C)CCN(c1cc(Br)ccc1C(=N)N)C1CCCC1. The second-order valence-electron chi connectivity index (χ2n) is 6.39. The number of anilines is 1. The number of benzene rings is 1. The minimum absolute atomic E-state index is 0.157. The number of halogens is 1. The van der Waals surface area contributed by atoms with Crippen molar-refractivity contribution in [2.24, 2.45) is 11.7 Å². The molecular formula is C17H26BrN3. The molecule has 0 saturated heterocycles. The summed E-state index contributed by atoms with van der Waals surface area (Å²) in [6.45, 7) is 5.57. The van der Waals surface area contributed by atoms with Gasteiger partial charge in [0.1, 0.15) is 5.84 Å². The summed E-state index contributed by atoms with van der Waals surface area (Å²) in [5.41, 5.74) is 7.77. The van der Waals surface area contributed by atoms with Crippen molar-refractivity contribution in [3.63, 3.8) is 0 Å². The van der Waals surface area contributed by atoms with Gasteiger partial charge < -0.3 is 10.6 Å². The fraction of sp³-hybridized carbons (Fsp3) is 0.588. The van der Waals surface area contributed by atoms with Crippen molar-refractivity contribution in [1.82, 2.24) is 0 Å². The summed E-state index contributed by atoms with van der Waals surface area (Å²) in [6.07, 6.45) is 6.29. The van der Waals surface area contributed by atoms with E-state index >= 15 is 0 Å². The first-order chi connectivity index (χ1) is 9.99. The van der Waals surface area contributed by atoms with E-state index in [1.54, 1.807) is 0 Å². The van der Waals surface area contributed by atoms with Gasteiger partial charge >= 0.3 is 0 Å². The first-order valence-electron chi connectivity index (χ1n) is 7.89. The highest BCUT2D eigenvalue weighted by atomic mass is 79.9. The fourth-order valence-electron chi connectivity index (χ4n) is 3.08. The molecule has 0 radical (unpaired) electrons. The zero-order valence-electron chi connectivity index (χ0n) is 13.0. The molecule has 2 rings (SSSR count). The molecule has 1 aliphatic rings. The number of rotatable bonds is 6. The predicted octanol–water partition coefficient (Wildman–Crippen LogP) is 4.53. The Morgan fingerprint density at radius 1 is 1.38 bits per heavy atom. The van der Waals surface area contributed by atoms with Crippen molar-refractivity contribution < 1.29 is 0 Å². The molecule has 0 spiro atoms. The Balaban J connectivity index is 2.34. The minimum atomic E-state index is 0.157. The van der Waals surface area contributed by atoms with Crippen LogP contribution in [0, 0.1) is 11.3 Å². The van der Waals surface area contributed by atoms with Crippen molar-refractivity contribution in [3.05, 3.63) is 28.2 Å². The normalized spacial score (nSPS) is 15.6. The van der Waals surface area contributed by atoms with Crippen molar-refractivity contribution in [3.8, 4) is 0 Å². The smallest absolute Gasteiger partial charge is 0.124 e. The second-order valence-corrected chi connectivity index (χ2v) is 7.31. The highest BCUT2D eigenvalue weighted by molar-refractivity contribution is 9.10. The van der Waals surface area contributed by atoms with E-state index in [-0.39, 0.29) is 5.84 Å². The highest BCUT2D eigenvalue weighted by Gasteiger charge is 2.25. The third kappa shape index (κ3) is 4.22. The minimum Gasteiger partial charge on any atom is -0.384 e. The fourth-order valence-corrected chi connectivity index (χ4v) is 3.43. The molecule has 116 valence electrons. The maximum Gasteiger partial charge on any atom is 0.124 e. The maximum absolute atomic E-state index is 7.86. The van der Waals surface area contributed by atoms with Crippen LogP contribution in [0.15, 0.2) is 22.7 Å². The van der Waals surface area contributed by atoms with Crippen LogP contribution in [0.2, 0.25) is 0 Å². The second kappa shape index (κ2) is 7.30. The molecule has 1 fully saturated rings. The van der Waals surface area contributed by atoms with Gasteiger partial charge in [-0.25, -0.2) is 0 Å². The van der Waals surface area contributed by atoms with E-state index in [9.17, 15) is 0 Å². The van der Waals surface area contributed by atoms with Crippen LogP contribution in [-0.4, -0.2) is 18.4 Å². The molecule has 4 heteroatoms. The van der Waals surface area contributed by atoms with Crippen LogP contribution in [0.1, 0.15) is 51.5 Å². The average Bonchev–Trinajstić information content (AvgIpc) is 2.92. The Bertz CT molecular complexity index is 493. The summed E-state index contributed by atoms with van der Waals surface area (Å²) in [5.74, 6) is 0.840. The Morgan fingerprint density at radius 2 is 2.05 bits per heavy atom. The van der Waals surface area contributed by atoms with Gasteiger partial charge in [0.25, 0.3) is 0 Å². The molecule has 0 atom stereocenters. The number of hydrogen-bond acceptors (Lipinski definition) is 2. The monoisotopic (exact) mass is 351 g/mol. The summed E-state index contributed by atoms with van der Waals surface area (Å²) in [5, 5.41) is 7.86. The zero-order chi connectivity index (χ0) is 15.4. The van der Waals surface area contributed by atoms with Crippen LogP contribution < -0.4 is 10.6 Å². The quantitative estimate of drug-likeness (QED) is 0.584. The van der Waals surface area contributed by atoms with Gasteiger partial charge in [0.2, 0.25) is 0 Å². The van der Waals surface area contributed by atoms with Gasteiger partial charge in [0, 0.05) is 28.3 Å². The van der Waals surface area contributed by atoms with Gasteiger partial charge in [0.15, 0.2) is 0 Å². The molecule has 0 heterocycles. The number of amidine groups is 1. The van der Waals surface area contributed by atoms with Crippen LogP contribution in [0.4, 0.5) is 5.69 Å². The van der Waals surface area contributed by atoms with E-state index in [1.807, 2.05) is 12.1 Å². The molecule has 0 unspecified atom stereocenters. The van der Waals surface area contributed by atoms with Crippen molar-refractivity contribution in [2.75, 3.05) is 11.4 Å². The van der Waals surface area contributed by atoms with Crippen LogP contribution in [-0.2, 0) is 0 Å². The Hall–Kier alpha value is -1.03. The van der Waals surface area contributed by atoms with Gasteiger partial charge in [-0.05, 0) is 43.4 Å². The van der Waals surface area contributed by atoms with Crippen molar-refractivity contribution >= 4 is 27.5 Å². The number of nitrogens with two attached hydrogens (primary N) is 1. The van der Waals surface area contributed by atoms with Crippen LogP contribution in [0.5, 0.6) is 0 Å². The Labute approximate surface area is 136 Å². The number of nitrogens with one attached hydrogen (secondary N) is 1. The third-order valence-corrected chi connectivity index (χ3v) is 4.77. The topological polar surface area (TPSA) is 53.1 Å². The summed E-state index contributed by atoms with van der Waals surface area (Å²) in [4.78, 5) is 2.49. The number of nitrogens with zero attached hydrogens (tertiary/aromatic N) is 1. The van der Waals surface area contributed by atoms with Crippen LogP contribution >= 0.6 is 15.9 Å². The molecule has 0 bridgehead atoms. The molecule has 1 aromatic rings. The predicted molar refractivity (Wildman–Crippen MR) is 94.2 cm³/mol. The van der Waals surface area contributed by atoms with Gasteiger partial charge in [-0.15, -0.1) is 0 Å². The molecule has 1 saturated carbocycles. The zero-order valence-corrected chi connectivity index (χ0v) is 14.6. The van der Waals surface area contributed by atoms with E-state index in [4.69, 9.17) is 11.1 Å². The summed E-state index contributed by atoms with van der Waals surface area (Å²) in [6, 6.07) is 6.64. The maximum atomic E-state index is 7.86. The van der Waals surface area contributed by atoms with E-state index in [2.05, 4.69) is 40.7 Å². The van der Waals surface area contributed by atoms with Crippen LogP contribution in [0.25, 0.3) is 0 Å². The largest absolute Gasteiger partial charge is 0.384 e. The molecule has 1 aromatic carbocycles. The molecule has 1 aliphatic carbocycles. The van der Waals surface area contributed by atoms with Gasteiger partial charge in [0.05, 0.1) is 0 Å². The standard InChI is InChI=1S/C17H26BrN3/c1-12(2)9-10-21(14-5-3-4-6-14)16-11-13(18)7-8-15(16)17(19)20/h7-8,11-12,14H,3-6,9-10H2,1-2H3,(H3,19,20). The van der Waals surface area contributed by atoms with Crippen LogP contribution in [0.3, 0.4) is 0 Å². The summed E-state index contributed by atoms with van der Waals surface area (Å²) >= 11 is 3.56. The molecule has 21 heavy (non-hydrogen) atoms. The van der Waals surface area contributed by atoms with E-state index in [0.29, 0.717) is 12.0 Å². The molecule has 0 amide bonds. The van der Waals surface area contributed by atoms with Crippen molar-refractivity contribution in [1.29, 1.82) is 5.41 Å². The van der Waals surface area contributed by atoms with Crippen molar-refractivity contribution in [2.45, 2.75) is 52.0 Å². The number of nitrogen functional groups attached to an aromatic ring is 1. The molecular weight excluding hydrogens is 326 g/mol. The lowest BCUT2D eigenvalue weighted by molar-refractivity contribution is 0.528. The van der Waals surface area contributed by atoms with E-state index in [0.717, 1.165) is 22.3 Å². The van der Waals surface area contributed by atoms with E-state index < -0.39 is 0 Å². The summed E-state index contributed by atoms with van der Waals surface area (Å²) in [7, 11) is 0.